The third-order valence-corrected chi connectivity index (χ3v) is 4.05. The fourth-order valence-corrected chi connectivity index (χ4v) is 3.12. The average Bonchev–Trinajstić information content (AvgIpc) is 3.01. The number of nitrogens with zero attached hydrogens (tertiary/aromatic N) is 5. The molecule has 3 aromatic heterocycles. The Hall–Kier alpha value is -2.02. The van der Waals surface area contributed by atoms with Crippen LogP contribution >= 0.6 is 11.3 Å². The number of anilines is 1. The van der Waals surface area contributed by atoms with Crippen molar-refractivity contribution in [3.8, 4) is 0 Å². The first-order chi connectivity index (χ1) is 10.1. The van der Waals surface area contributed by atoms with Crippen molar-refractivity contribution in [3.63, 3.8) is 0 Å². The lowest BCUT2D eigenvalue weighted by Crippen LogP contribution is -2.10. The van der Waals surface area contributed by atoms with E-state index in [0.29, 0.717) is 0 Å². The monoisotopic (exact) mass is 302 g/mol. The number of nitrogens with one attached hydrogen (secondary N) is 1. The Bertz CT molecular complexity index is 760. The van der Waals surface area contributed by atoms with Gasteiger partial charge in [-0.1, -0.05) is 0 Å². The van der Waals surface area contributed by atoms with Crippen LogP contribution in [0.15, 0.2) is 11.4 Å². The largest absolute Gasteiger partial charge is 0.369 e. The Morgan fingerprint density at radius 3 is 2.76 bits per heavy atom. The Balaban J connectivity index is 1.62. The molecule has 3 rings (SSSR count). The van der Waals surface area contributed by atoms with Gasteiger partial charge in [0.1, 0.15) is 28.1 Å². The van der Waals surface area contributed by atoms with Crippen LogP contribution in [-0.4, -0.2) is 31.3 Å². The van der Waals surface area contributed by atoms with Crippen molar-refractivity contribution in [2.75, 3.05) is 11.9 Å². The minimum atomic E-state index is 0.801. The number of hydrogen-bond donors (Lipinski definition) is 1. The Labute approximate surface area is 127 Å². The molecule has 0 aliphatic rings. The molecule has 0 atom stereocenters. The van der Waals surface area contributed by atoms with Crippen LogP contribution in [-0.2, 0) is 6.54 Å². The van der Waals surface area contributed by atoms with Gasteiger partial charge in [-0.05, 0) is 38.6 Å². The quantitative estimate of drug-likeness (QED) is 0.734. The lowest BCUT2D eigenvalue weighted by Gasteiger charge is -2.08. The van der Waals surface area contributed by atoms with Gasteiger partial charge in [-0.3, -0.25) is 4.68 Å². The molecule has 110 valence electrons. The van der Waals surface area contributed by atoms with E-state index in [1.54, 1.807) is 11.3 Å². The minimum absolute atomic E-state index is 0.801. The first-order valence-corrected chi connectivity index (χ1v) is 7.85. The summed E-state index contributed by atoms with van der Waals surface area (Å²) in [4.78, 5) is 14.3. The summed E-state index contributed by atoms with van der Waals surface area (Å²) in [5.41, 5.74) is 0. The fraction of sp³-hybridized carbons (Fsp3) is 0.429. The predicted molar refractivity (Wildman–Crippen MR) is 84.8 cm³/mol. The number of aryl methyl sites for hydroxylation is 4. The molecule has 0 unspecified atom stereocenters. The van der Waals surface area contributed by atoms with E-state index in [-0.39, 0.29) is 0 Å². The van der Waals surface area contributed by atoms with Gasteiger partial charge >= 0.3 is 0 Å². The van der Waals surface area contributed by atoms with Crippen LogP contribution in [0.1, 0.15) is 23.9 Å². The summed E-state index contributed by atoms with van der Waals surface area (Å²) in [5, 5.41) is 10.9. The smallest absolute Gasteiger partial charge is 0.147 e. The summed E-state index contributed by atoms with van der Waals surface area (Å²) in [6, 6.07) is 2.06. The van der Waals surface area contributed by atoms with E-state index in [0.717, 1.165) is 53.0 Å². The maximum Gasteiger partial charge on any atom is 0.147 e. The molecule has 0 aliphatic heterocycles. The van der Waals surface area contributed by atoms with Gasteiger partial charge in [0.2, 0.25) is 0 Å². The van der Waals surface area contributed by atoms with Crippen LogP contribution in [0.3, 0.4) is 0 Å². The second-order valence-electron chi connectivity index (χ2n) is 4.97. The van der Waals surface area contributed by atoms with E-state index in [1.165, 1.54) is 0 Å². The summed E-state index contributed by atoms with van der Waals surface area (Å²) < 4.78 is 1.95. The maximum absolute atomic E-state index is 4.49. The van der Waals surface area contributed by atoms with Crippen molar-refractivity contribution in [1.82, 2.24) is 24.7 Å². The molecule has 0 aliphatic carbocycles. The summed E-state index contributed by atoms with van der Waals surface area (Å²) in [7, 11) is 0. The molecule has 3 aromatic rings. The third-order valence-electron chi connectivity index (χ3n) is 3.24. The third kappa shape index (κ3) is 3.02. The molecule has 3 heterocycles. The number of rotatable bonds is 5. The van der Waals surface area contributed by atoms with Crippen LogP contribution in [0.4, 0.5) is 5.82 Å². The van der Waals surface area contributed by atoms with Crippen LogP contribution in [0.25, 0.3) is 10.2 Å². The summed E-state index contributed by atoms with van der Waals surface area (Å²) >= 11 is 1.64. The highest BCUT2D eigenvalue weighted by atomic mass is 32.1. The zero-order valence-electron chi connectivity index (χ0n) is 12.4. The molecule has 0 spiro atoms. The zero-order chi connectivity index (χ0) is 14.8. The predicted octanol–water partition coefficient (Wildman–Crippen LogP) is 2.71. The highest BCUT2D eigenvalue weighted by molar-refractivity contribution is 7.16. The van der Waals surface area contributed by atoms with Gasteiger partial charge in [0.05, 0.1) is 5.39 Å². The molecule has 0 aromatic carbocycles. The molecule has 0 amide bonds. The van der Waals surface area contributed by atoms with Crippen molar-refractivity contribution < 1.29 is 0 Å². The van der Waals surface area contributed by atoms with Crippen LogP contribution in [0, 0.1) is 20.8 Å². The van der Waals surface area contributed by atoms with Crippen molar-refractivity contribution in [3.05, 3.63) is 28.9 Å². The normalized spacial score (nSPS) is 11.2. The molecule has 0 fully saturated rings. The Kier molecular flexibility index (Phi) is 3.83. The second-order valence-corrected chi connectivity index (χ2v) is 5.86. The molecule has 0 bridgehead atoms. The second kappa shape index (κ2) is 5.77. The van der Waals surface area contributed by atoms with Gasteiger partial charge in [0.15, 0.2) is 0 Å². The van der Waals surface area contributed by atoms with E-state index in [4.69, 9.17) is 0 Å². The highest BCUT2D eigenvalue weighted by Crippen LogP contribution is 2.24. The molecule has 7 heteroatoms. The van der Waals surface area contributed by atoms with Crippen LogP contribution < -0.4 is 5.32 Å². The van der Waals surface area contributed by atoms with Gasteiger partial charge in [-0.25, -0.2) is 15.0 Å². The number of aromatic nitrogens is 5. The molecule has 1 N–H and O–H groups in total. The van der Waals surface area contributed by atoms with Crippen molar-refractivity contribution >= 4 is 27.4 Å². The number of fused-ring (bicyclic) bond motifs is 1. The average molecular weight is 302 g/mol. The van der Waals surface area contributed by atoms with Crippen molar-refractivity contribution in [2.45, 2.75) is 33.7 Å². The molecule has 0 saturated carbocycles. The molecule has 6 nitrogen and oxygen atoms in total. The van der Waals surface area contributed by atoms with E-state index >= 15 is 0 Å². The van der Waals surface area contributed by atoms with Crippen molar-refractivity contribution in [1.29, 1.82) is 0 Å². The fourth-order valence-electron chi connectivity index (χ4n) is 2.31. The number of hydrogen-bond acceptors (Lipinski definition) is 6. The first-order valence-electron chi connectivity index (χ1n) is 6.97. The van der Waals surface area contributed by atoms with Crippen molar-refractivity contribution in [2.24, 2.45) is 0 Å². The Morgan fingerprint density at radius 1 is 1.14 bits per heavy atom. The standard InChI is InChI=1S/C14H18N6S/c1-9-17-13(12-5-8-21-14(12)18-9)15-6-4-7-20-11(3)16-10(2)19-20/h5,8H,4,6-7H2,1-3H3,(H,15,17,18). The van der Waals surface area contributed by atoms with E-state index < -0.39 is 0 Å². The Morgan fingerprint density at radius 2 is 2.00 bits per heavy atom. The SMILES string of the molecule is Cc1nc(NCCCn2nc(C)nc2C)c2ccsc2n1. The molecular formula is C14H18N6S. The summed E-state index contributed by atoms with van der Waals surface area (Å²) in [6.45, 7) is 7.52. The highest BCUT2D eigenvalue weighted by Gasteiger charge is 2.06. The van der Waals surface area contributed by atoms with Gasteiger partial charge in [0, 0.05) is 13.1 Å². The topological polar surface area (TPSA) is 68.5 Å². The number of thiophene rings is 1. The summed E-state index contributed by atoms with van der Waals surface area (Å²) in [6.07, 6.45) is 0.971. The van der Waals surface area contributed by atoms with Crippen LogP contribution in [0.2, 0.25) is 0 Å². The molecule has 0 saturated heterocycles. The van der Waals surface area contributed by atoms with E-state index in [2.05, 4.69) is 31.4 Å². The maximum atomic E-state index is 4.49. The van der Waals surface area contributed by atoms with Gasteiger partial charge in [-0.2, -0.15) is 5.10 Å². The molecule has 0 radical (unpaired) electrons. The lowest BCUT2D eigenvalue weighted by molar-refractivity contribution is 0.571. The summed E-state index contributed by atoms with van der Waals surface area (Å²) in [5.74, 6) is 3.51. The first kappa shape index (κ1) is 13.9. The zero-order valence-corrected chi connectivity index (χ0v) is 13.2. The van der Waals surface area contributed by atoms with E-state index in [1.807, 2.05) is 30.8 Å². The van der Waals surface area contributed by atoms with Gasteiger partial charge in [0.25, 0.3) is 0 Å². The molecule has 21 heavy (non-hydrogen) atoms. The van der Waals surface area contributed by atoms with Gasteiger partial charge < -0.3 is 5.32 Å². The lowest BCUT2D eigenvalue weighted by atomic mass is 10.3. The molecular weight excluding hydrogens is 284 g/mol. The van der Waals surface area contributed by atoms with Gasteiger partial charge in [-0.15, -0.1) is 11.3 Å². The van der Waals surface area contributed by atoms with Crippen LogP contribution in [0.5, 0.6) is 0 Å². The minimum Gasteiger partial charge on any atom is -0.369 e. The van der Waals surface area contributed by atoms with E-state index in [9.17, 15) is 0 Å².